The molecule has 0 aromatic rings. The summed E-state index contributed by atoms with van der Waals surface area (Å²) < 4.78 is 10.5. The molecular formula is C14H27NO4S. The van der Waals surface area contributed by atoms with E-state index in [2.05, 4.69) is 5.32 Å². The van der Waals surface area contributed by atoms with Crippen molar-refractivity contribution in [1.82, 2.24) is 5.32 Å². The Bertz CT molecular complexity index is 331. The molecule has 0 bridgehead atoms. The Balaban J connectivity index is 4.63. The van der Waals surface area contributed by atoms with Gasteiger partial charge < -0.3 is 14.8 Å². The van der Waals surface area contributed by atoms with Crippen LogP contribution >= 0.6 is 11.8 Å². The van der Waals surface area contributed by atoms with Crippen LogP contribution in [0.5, 0.6) is 0 Å². The number of rotatable bonds is 5. The molecular weight excluding hydrogens is 278 g/mol. The third kappa shape index (κ3) is 9.95. The molecule has 5 nitrogen and oxygen atoms in total. The third-order valence-corrected chi connectivity index (χ3v) is 2.64. The molecule has 1 amide bonds. The van der Waals surface area contributed by atoms with E-state index in [1.54, 1.807) is 53.3 Å². The Morgan fingerprint density at radius 1 is 1.05 bits per heavy atom. The normalized spacial score (nSPS) is 13.6. The van der Waals surface area contributed by atoms with Crippen molar-refractivity contribution >= 4 is 23.8 Å². The highest BCUT2D eigenvalue weighted by Gasteiger charge is 2.28. The first-order chi connectivity index (χ1) is 8.94. The van der Waals surface area contributed by atoms with Crippen LogP contribution in [0, 0.1) is 0 Å². The van der Waals surface area contributed by atoms with Crippen LogP contribution in [0.1, 0.15) is 48.0 Å². The first kappa shape index (κ1) is 19.1. The van der Waals surface area contributed by atoms with Crippen molar-refractivity contribution < 1.29 is 19.1 Å². The quantitative estimate of drug-likeness (QED) is 0.791. The van der Waals surface area contributed by atoms with E-state index in [9.17, 15) is 9.59 Å². The molecule has 0 aliphatic rings. The summed E-state index contributed by atoms with van der Waals surface area (Å²) in [6.07, 6.45) is 1.85. The maximum atomic E-state index is 12.1. The van der Waals surface area contributed by atoms with Crippen LogP contribution in [0.4, 0.5) is 4.79 Å². The summed E-state index contributed by atoms with van der Waals surface area (Å²) in [6, 6.07) is -0.684. The molecule has 0 spiro atoms. The van der Waals surface area contributed by atoms with Gasteiger partial charge in [0.2, 0.25) is 0 Å². The molecule has 20 heavy (non-hydrogen) atoms. The van der Waals surface area contributed by atoms with E-state index in [1.165, 1.54) is 0 Å². The molecule has 0 aromatic carbocycles. The lowest BCUT2D eigenvalue weighted by atomic mass is 10.1. The summed E-state index contributed by atoms with van der Waals surface area (Å²) in [5, 5.41) is 2.58. The molecule has 1 atom stereocenters. The van der Waals surface area contributed by atoms with Crippen molar-refractivity contribution in [3.05, 3.63) is 0 Å². The Labute approximate surface area is 126 Å². The molecule has 0 saturated heterocycles. The average molecular weight is 305 g/mol. The summed E-state index contributed by atoms with van der Waals surface area (Å²) in [6.45, 7) is 10.7. The second kappa shape index (κ2) is 7.76. The summed E-state index contributed by atoms with van der Waals surface area (Å²) in [5.74, 6) is 0.317. The summed E-state index contributed by atoms with van der Waals surface area (Å²) in [7, 11) is 0. The fourth-order valence-corrected chi connectivity index (χ4v) is 1.78. The van der Waals surface area contributed by atoms with Gasteiger partial charge in [-0.2, -0.15) is 11.8 Å². The van der Waals surface area contributed by atoms with E-state index < -0.39 is 29.3 Å². The number of carbonyl (C=O) groups excluding carboxylic acids is 2. The molecule has 118 valence electrons. The third-order valence-electron chi connectivity index (χ3n) is 1.99. The highest BCUT2D eigenvalue weighted by molar-refractivity contribution is 7.98. The lowest BCUT2D eigenvalue weighted by molar-refractivity contribution is -0.157. The molecule has 0 heterocycles. The number of amides is 1. The molecule has 0 fully saturated rings. The lowest BCUT2D eigenvalue weighted by Gasteiger charge is -2.26. The molecule has 0 aromatic heterocycles. The second-order valence-electron chi connectivity index (χ2n) is 6.51. The first-order valence-electron chi connectivity index (χ1n) is 6.66. The Morgan fingerprint density at radius 3 is 1.95 bits per heavy atom. The van der Waals surface area contributed by atoms with Gasteiger partial charge in [0.05, 0.1) is 0 Å². The minimum absolute atomic E-state index is 0.433. The number of carbonyl (C=O) groups is 2. The number of hydrogen-bond donors (Lipinski definition) is 1. The van der Waals surface area contributed by atoms with Gasteiger partial charge in [-0.15, -0.1) is 0 Å². The smallest absolute Gasteiger partial charge is 0.408 e. The van der Waals surface area contributed by atoms with E-state index >= 15 is 0 Å². The van der Waals surface area contributed by atoms with Crippen LogP contribution in [0.15, 0.2) is 0 Å². The van der Waals surface area contributed by atoms with Gasteiger partial charge >= 0.3 is 12.1 Å². The van der Waals surface area contributed by atoms with Crippen molar-refractivity contribution in [3.63, 3.8) is 0 Å². The van der Waals surface area contributed by atoms with Gasteiger partial charge in [0.1, 0.15) is 17.2 Å². The van der Waals surface area contributed by atoms with Gasteiger partial charge in [0.15, 0.2) is 0 Å². The Kier molecular flexibility index (Phi) is 7.41. The van der Waals surface area contributed by atoms with Gasteiger partial charge in [0, 0.05) is 0 Å². The molecule has 6 heteroatoms. The summed E-state index contributed by atoms with van der Waals surface area (Å²) in [5.41, 5.74) is -1.17. The van der Waals surface area contributed by atoms with Crippen LogP contribution < -0.4 is 5.32 Å². The van der Waals surface area contributed by atoms with Crippen LogP contribution in [-0.4, -0.2) is 41.3 Å². The average Bonchev–Trinajstić information content (AvgIpc) is 2.18. The van der Waals surface area contributed by atoms with Crippen LogP contribution in [-0.2, 0) is 14.3 Å². The zero-order valence-corrected chi connectivity index (χ0v) is 14.3. The van der Waals surface area contributed by atoms with Gasteiger partial charge in [-0.25, -0.2) is 9.59 Å². The van der Waals surface area contributed by atoms with Crippen LogP contribution in [0.25, 0.3) is 0 Å². The number of alkyl carbamates (subject to hydrolysis) is 1. The topological polar surface area (TPSA) is 64.6 Å². The molecule has 0 saturated carbocycles. The second-order valence-corrected chi connectivity index (χ2v) is 7.50. The largest absolute Gasteiger partial charge is 0.458 e. The highest BCUT2D eigenvalue weighted by atomic mass is 32.2. The summed E-state index contributed by atoms with van der Waals surface area (Å²) in [4.78, 5) is 23.8. The van der Waals surface area contributed by atoms with E-state index in [0.717, 1.165) is 5.75 Å². The molecule has 0 rings (SSSR count). The summed E-state index contributed by atoms with van der Waals surface area (Å²) >= 11 is 1.61. The van der Waals surface area contributed by atoms with Crippen molar-refractivity contribution in [2.24, 2.45) is 0 Å². The predicted molar refractivity (Wildman–Crippen MR) is 82.0 cm³/mol. The van der Waals surface area contributed by atoms with Crippen molar-refractivity contribution in [3.8, 4) is 0 Å². The molecule has 0 radical (unpaired) electrons. The number of ether oxygens (including phenoxy) is 2. The number of hydrogen-bond acceptors (Lipinski definition) is 5. The van der Waals surface area contributed by atoms with Crippen molar-refractivity contribution in [2.75, 3.05) is 12.0 Å². The zero-order chi connectivity index (χ0) is 16.0. The van der Waals surface area contributed by atoms with Crippen molar-refractivity contribution in [1.29, 1.82) is 0 Å². The van der Waals surface area contributed by atoms with E-state index in [1.807, 2.05) is 6.26 Å². The standard InChI is InChI=1S/C14H27NO4S/c1-13(2,3)18-11(16)10(8-9-20-7)15-12(17)19-14(4,5)6/h10H,8-9H2,1-7H3,(H,15,17). The molecule has 1 unspecified atom stereocenters. The lowest BCUT2D eigenvalue weighted by Crippen LogP contribution is -2.46. The number of thioether (sulfide) groups is 1. The van der Waals surface area contributed by atoms with Gasteiger partial charge in [-0.3, -0.25) is 0 Å². The van der Waals surface area contributed by atoms with E-state index in [4.69, 9.17) is 9.47 Å². The maximum absolute atomic E-state index is 12.1. The van der Waals surface area contributed by atoms with E-state index in [0.29, 0.717) is 6.42 Å². The SMILES string of the molecule is CSCCC(NC(=O)OC(C)(C)C)C(=O)OC(C)(C)C. The number of esters is 1. The van der Waals surface area contributed by atoms with Crippen LogP contribution in [0.3, 0.4) is 0 Å². The minimum atomic E-state index is -0.684. The first-order valence-corrected chi connectivity index (χ1v) is 8.05. The van der Waals surface area contributed by atoms with Crippen LogP contribution in [0.2, 0.25) is 0 Å². The highest BCUT2D eigenvalue weighted by Crippen LogP contribution is 2.12. The Hall–Kier alpha value is -0.910. The van der Waals surface area contributed by atoms with Gasteiger partial charge in [0.25, 0.3) is 0 Å². The monoisotopic (exact) mass is 305 g/mol. The van der Waals surface area contributed by atoms with Gasteiger partial charge in [-0.1, -0.05) is 0 Å². The predicted octanol–water partition coefficient (Wildman–Crippen LogP) is 2.97. The minimum Gasteiger partial charge on any atom is -0.458 e. The fraction of sp³-hybridized carbons (Fsp3) is 0.857. The van der Waals surface area contributed by atoms with Gasteiger partial charge in [-0.05, 0) is 60.0 Å². The Morgan fingerprint density at radius 2 is 1.55 bits per heavy atom. The fourth-order valence-electron chi connectivity index (χ4n) is 1.31. The van der Waals surface area contributed by atoms with E-state index in [-0.39, 0.29) is 0 Å². The maximum Gasteiger partial charge on any atom is 0.408 e. The molecule has 1 N–H and O–H groups in total. The number of nitrogens with one attached hydrogen (secondary N) is 1. The zero-order valence-electron chi connectivity index (χ0n) is 13.5. The van der Waals surface area contributed by atoms with Crippen molar-refractivity contribution in [2.45, 2.75) is 65.2 Å². The molecule has 0 aliphatic carbocycles. The molecule has 0 aliphatic heterocycles.